The van der Waals surface area contributed by atoms with E-state index in [-0.39, 0.29) is 11.9 Å². The van der Waals surface area contributed by atoms with Gasteiger partial charge in [0.2, 0.25) is 5.91 Å². The summed E-state index contributed by atoms with van der Waals surface area (Å²) in [5, 5.41) is 0. The molecular weight excluding hydrogens is 354 g/mol. The molecule has 0 atom stereocenters. The van der Waals surface area contributed by atoms with Crippen LogP contribution >= 0.6 is 0 Å². The zero-order chi connectivity index (χ0) is 19.7. The Morgan fingerprint density at radius 2 is 1.93 bits per heavy atom. The molecular formula is C22H25N3O3. The first kappa shape index (κ1) is 18.5. The molecule has 0 aliphatic carbocycles. The highest BCUT2D eigenvalue weighted by Gasteiger charge is 2.36. The summed E-state index contributed by atoms with van der Waals surface area (Å²) in [7, 11) is 1.68. The number of rotatable bonds is 5. The van der Waals surface area contributed by atoms with Crippen molar-refractivity contribution < 1.29 is 14.3 Å². The molecule has 0 saturated carbocycles. The minimum absolute atomic E-state index is 0.0596. The van der Waals surface area contributed by atoms with E-state index in [9.17, 15) is 9.59 Å². The minimum atomic E-state index is -0.542. The van der Waals surface area contributed by atoms with Gasteiger partial charge in [0.25, 0.3) is 5.91 Å². The number of hydrogen-bond acceptors (Lipinski definition) is 4. The molecule has 0 unspecified atom stereocenters. The number of nitrogens with zero attached hydrogens (tertiary/aromatic N) is 2. The van der Waals surface area contributed by atoms with Crippen LogP contribution in [0.2, 0.25) is 0 Å². The van der Waals surface area contributed by atoms with E-state index in [2.05, 4.69) is 17.0 Å². The summed E-state index contributed by atoms with van der Waals surface area (Å²) in [6.45, 7) is 3.31. The molecule has 2 aliphatic heterocycles. The molecule has 146 valence electrons. The molecule has 6 heteroatoms. The second kappa shape index (κ2) is 7.64. The molecule has 0 bridgehead atoms. The van der Waals surface area contributed by atoms with Crippen molar-refractivity contribution in [3.05, 3.63) is 64.7 Å². The quantitative estimate of drug-likeness (QED) is 0.866. The normalized spacial score (nSPS) is 17.6. The maximum atomic E-state index is 13.0. The number of hydrogen-bond donors (Lipinski definition) is 1. The molecule has 2 amide bonds. The number of likely N-dealkylation sites (tertiary alicyclic amines) is 1. The number of primary amides is 1. The van der Waals surface area contributed by atoms with E-state index in [1.54, 1.807) is 19.2 Å². The van der Waals surface area contributed by atoms with Gasteiger partial charge < -0.3 is 15.4 Å². The monoisotopic (exact) mass is 379 g/mol. The number of piperidine rings is 1. The molecule has 28 heavy (non-hydrogen) atoms. The van der Waals surface area contributed by atoms with E-state index in [4.69, 9.17) is 10.5 Å². The van der Waals surface area contributed by atoms with Crippen molar-refractivity contribution in [3.63, 3.8) is 0 Å². The lowest BCUT2D eigenvalue weighted by molar-refractivity contribution is 0.0588. The molecule has 2 aromatic rings. The van der Waals surface area contributed by atoms with Crippen LogP contribution in [-0.2, 0) is 13.1 Å². The Labute approximate surface area is 164 Å². The van der Waals surface area contributed by atoms with E-state index in [1.807, 2.05) is 23.1 Å². The van der Waals surface area contributed by atoms with Gasteiger partial charge in [-0.05, 0) is 42.2 Å². The second-order valence-corrected chi connectivity index (χ2v) is 7.50. The number of carbonyl (C=O) groups is 2. The summed E-state index contributed by atoms with van der Waals surface area (Å²) < 4.78 is 5.30. The average Bonchev–Trinajstić information content (AvgIpc) is 3.05. The molecule has 6 nitrogen and oxygen atoms in total. The molecule has 0 aromatic heterocycles. The Bertz CT molecular complexity index is 904. The number of nitrogens with two attached hydrogens (primary N) is 1. The lowest BCUT2D eigenvalue weighted by atomic mass is 10.0. The van der Waals surface area contributed by atoms with Crippen molar-refractivity contribution >= 4 is 11.8 Å². The first-order chi connectivity index (χ1) is 13.6. The van der Waals surface area contributed by atoms with Gasteiger partial charge in [0.1, 0.15) is 5.75 Å². The number of carbonyl (C=O) groups excluding carboxylic acids is 2. The van der Waals surface area contributed by atoms with Gasteiger partial charge in [0.05, 0.1) is 18.2 Å². The van der Waals surface area contributed by atoms with Crippen LogP contribution in [0, 0.1) is 0 Å². The van der Waals surface area contributed by atoms with Gasteiger partial charge in [-0.1, -0.05) is 24.3 Å². The van der Waals surface area contributed by atoms with E-state index in [1.165, 1.54) is 5.56 Å². The van der Waals surface area contributed by atoms with Crippen molar-refractivity contribution in [1.29, 1.82) is 0 Å². The van der Waals surface area contributed by atoms with Crippen LogP contribution in [0.3, 0.4) is 0 Å². The van der Waals surface area contributed by atoms with Crippen LogP contribution in [0.15, 0.2) is 42.5 Å². The smallest absolute Gasteiger partial charge is 0.255 e. The SMILES string of the molecule is COc1cccc(CN2CCC(N3Cc4cccc(C(N)=O)c4C3=O)CC2)c1. The fourth-order valence-electron chi connectivity index (χ4n) is 4.30. The topological polar surface area (TPSA) is 75.9 Å². The summed E-state index contributed by atoms with van der Waals surface area (Å²) in [6, 6.07) is 13.7. The lowest BCUT2D eigenvalue weighted by Gasteiger charge is -2.36. The first-order valence-corrected chi connectivity index (χ1v) is 9.65. The van der Waals surface area contributed by atoms with Crippen molar-refractivity contribution in [2.75, 3.05) is 20.2 Å². The van der Waals surface area contributed by atoms with Crippen LogP contribution < -0.4 is 10.5 Å². The average molecular weight is 379 g/mol. The van der Waals surface area contributed by atoms with Crippen molar-refractivity contribution in [1.82, 2.24) is 9.80 Å². The number of ether oxygens (including phenoxy) is 1. The predicted molar refractivity (Wildman–Crippen MR) is 106 cm³/mol. The van der Waals surface area contributed by atoms with E-state index in [0.29, 0.717) is 17.7 Å². The third-order valence-corrected chi connectivity index (χ3v) is 5.77. The summed E-state index contributed by atoms with van der Waals surface area (Å²) in [4.78, 5) is 29.0. The molecule has 0 radical (unpaired) electrons. The van der Waals surface area contributed by atoms with Gasteiger partial charge in [-0.2, -0.15) is 0 Å². The Morgan fingerprint density at radius 3 is 2.64 bits per heavy atom. The molecule has 4 rings (SSSR count). The van der Waals surface area contributed by atoms with Gasteiger partial charge in [0, 0.05) is 32.2 Å². The maximum Gasteiger partial charge on any atom is 0.255 e. The fourth-order valence-corrected chi connectivity index (χ4v) is 4.30. The molecule has 2 aliphatic rings. The summed E-state index contributed by atoms with van der Waals surface area (Å²) in [6.07, 6.45) is 1.85. The molecule has 0 spiro atoms. The molecule has 2 aromatic carbocycles. The van der Waals surface area contributed by atoms with E-state index >= 15 is 0 Å². The third-order valence-electron chi connectivity index (χ3n) is 5.77. The Hall–Kier alpha value is -2.86. The van der Waals surface area contributed by atoms with Crippen molar-refractivity contribution in [2.24, 2.45) is 5.73 Å². The van der Waals surface area contributed by atoms with Crippen molar-refractivity contribution in [3.8, 4) is 5.75 Å². The zero-order valence-corrected chi connectivity index (χ0v) is 16.1. The zero-order valence-electron chi connectivity index (χ0n) is 16.1. The van der Waals surface area contributed by atoms with Crippen LogP contribution in [0.5, 0.6) is 5.75 Å². The predicted octanol–water partition coefficient (Wildman–Crippen LogP) is 2.41. The number of benzene rings is 2. The van der Waals surface area contributed by atoms with Gasteiger partial charge >= 0.3 is 0 Å². The molecule has 1 saturated heterocycles. The highest BCUT2D eigenvalue weighted by atomic mass is 16.5. The maximum absolute atomic E-state index is 13.0. The van der Waals surface area contributed by atoms with Gasteiger partial charge in [-0.3, -0.25) is 14.5 Å². The number of methoxy groups -OCH3 is 1. The molecule has 2 heterocycles. The van der Waals surface area contributed by atoms with Gasteiger partial charge in [-0.15, -0.1) is 0 Å². The largest absolute Gasteiger partial charge is 0.497 e. The highest BCUT2D eigenvalue weighted by molar-refractivity contribution is 6.09. The van der Waals surface area contributed by atoms with E-state index in [0.717, 1.165) is 43.8 Å². The van der Waals surface area contributed by atoms with Crippen LogP contribution in [0.1, 0.15) is 44.7 Å². The number of amides is 2. The summed E-state index contributed by atoms with van der Waals surface area (Å²) in [5.41, 5.74) is 8.42. The fraction of sp³-hybridized carbons (Fsp3) is 0.364. The standard InChI is InChI=1S/C22H25N3O3/c1-28-18-6-2-4-15(12-18)13-24-10-8-17(9-11-24)25-14-16-5-3-7-19(21(23)26)20(16)22(25)27/h2-7,12,17H,8-11,13-14H2,1H3,(H2,23,26). The van der Waals surface area contributed by atoms with Gasteiger partial charge in [-0.25, -0.2) is 0 Å². The third kappa shape index (κ3) is 3.47. The Balaban J connectivity index is 1.40. The second-order valence-electron chi connectivity index (χ2n) is 7.50. The summed E-state index contributed by atoms with van der Waals surface area (Å²) >= 11 is 0. The van der Waals surface area contributed by atoms with Gasteiger partial charge in [0.15, 0.2) is 0 Å². The van der Waals surface area contributed by atoms with E-state index < -0.39 is 5.91 Å². The lowest BCUT2D eigenvalue weighted by Crippen LogP contribution is -2.44. The van der Waals surface area contributed by atoms with Crippen LogP contribution in [0.25, 0.3) is 0 Å². The molecule has 1 fully saturated rings. The minimum Gasteiger partial charge on any atom is -0.497 e. The highest BCUT2D eigenvalue weighted by Crippen LogP contribution is 2.31. The molecule has 2 N–H and O–H groups in total. The van der Waals surface area contributed by atoms with Crippen molar-refractivity contribution in [2.45, 2.75) is 32.0 Å². The van der Waals surface area contributed by atoms with Crippen LogP contribution in [-0.4, -0.2) is 47.9 Å². The van der Waals surface area contributed by atoms with Crippen LogP contribution in [0.4, 0.5) is 0 Å². The summed E-state index contributed by atoms with van der Waals surface area (Å²) in [5.74, 6) is 0.272. The first-order valence-electron chi connectivity index (χ1n) is 9.65. The Kier molecular flexibility index (Phi) is 5.05. The number of fused-ring (bicyclic) bond motifs is 1. The Morgan fingerprint density at radius 1 is 1.18 bits per heavy atom.